The lowest BCUT2D eigenvalue weighted by molar-refractivity contribution is 0.446. The van der Waals surface area contributed by atoms with Gasteiger partial charge in [0, 0.05) is 18.5 Å². The molecule has 3 aliphatic rings. The Kier molecular flexibility index (Phi) is 3.16. The molecular formula is C17H23NO2S. The molecule has 1 aromatic rings. The van der Waals surface area contributed by atoms with Crippen LogP contribution < -0.4 is 5.32 Å². The summed E-state index contributed by atoms with van der Waals surface area (Å²) in [6, 6.07) is 8.00. The molecule has 2 saturated carbocycles. The minimum atomic E-state index is -3.06. The second kappa shape index (κ2) is 4.82. The monoisotopic (exact) mass is 305 g/mol. The Bertz CT molecular complexity index is 651. The van der Waals surface area contributed by atoms with Crippen molar-refractivity contribution in [3.05, 3.63) is 29.8 Å². The zero-order chi connectivity index (χ0) is 14.6. The first-order valence-corrected chi connectivity index (χ1v) is 9.76. The van der Waals surface area contributed by atoms with Gasteiger partial charge in [0.25, 0.3) is 0 Å². The molecule has 3 nitrogen and oxygen atoms in total. The Balaban J connectivity index is 1.40. The van der Waals surface area contributed by atoms with Crippen molar-refractivity contribution in [2.75, 3.05) is 12.3 Å². The minimum absolute atomic E-state index is 0.117. The topological polar surface area (TPSA) is 46.2 Å². The van der Waals surface area contributed by atoms with Crippen LogP contribution in [0, 0.1) is 17.8 Å². The Labute approximate surface area is 127 Å². The highest BCUT2D eigenvalue weighted by Gasteiger charge is 2.49. The molecule has 1 N–H and O–H groups in total. The largest absolute Gasteiger partial charge is 0.313 e. The number of sulfone groups is 1. The summed E-state index contributed by atoms with van der Waals surface area (Å²) in [6.45, 7) is 3.05. The van der Waals surface area contributed by atoms with E-state index in [1.54, 1.807) is 6.07 Å². The Morgan fingerprint density at radius 3 is 2.81 bits per heavy atom. The van der Waals surface area contributed by atoms with Gasteiger partial charge in [-0.1, -0.05) is 18.2 Å². The van der Waals surface area contributed by atoms with Crippen LogP contribution in [0.2, 0.25) is 0 Å². The molecule has 4 rings (SSSR count). The second-order valence-electron chi connectivity index (χ2n) is 7.11. The molecule has 0 aromatic heterocycles. The molecule has 0 bridgehead atoms. The molecule has 4 atom stereocenters. The fourth-order valence-electron chi connectivity index (χ4n) is 4.07. The van der Waals surface area contributed by atoms with Gasteiger partial charge < -0.3 is 5.32 Å². The first-order valence-electron chi connectivity index (χ1n) is 8.11. The molecule has 2 fully saturated rings. The summed E-state index contributed by atoms with van der Waals surface area (Å²) >= 11 is 0. The van der Waals surface area contributed by atoms with Crippen LogP contribution in [0.1, 0.15) is 37.7 Å². The molecule has 114 valence electrons. The normalized spacial score (nSPS) is 34.4. The minimum Gasteiger partial charge on any atom is -0.313 e. The molecule has 4 heteroatoms. The van der Waals surface area contributed by atoms with Crippen molar-refractivity contribution in [1.82, 2.24) is 5.32 Å². The zero-order valence-electron chi connectivity index (χ0n) is 12.5. The van der Waals surface area contributed by atoms with Crippen molar-refractivity contribution in [2.24, 2.45) is 17.8 Å². The fraction of sp³-hybridized carbons (Fsp3) is 0.647. The van der Waals surface area contributed by atoms with Gasteiger partial charge in [-0.3, -0.25) is 0 Å². The van der Waals surface area contributed by atoms with Gasteiger partial charge in [-0.15, -0.1) is 0 Å². The lowest BCUT2D eigenvalue weighted by Gasteiger charge is -2.17. The van der Waals surface area contributed by atoms with Crippen LogP contribution in [0.25, 0.3) is 0 Å². The number of nitrogens with one attached hydrogen (secondary N) is 1. The summed E-state index contributed by atoms with van der Waals surface area (Å²) in [7, 11) is -3.06. The van der Waals surface area contributed by atoms with Gasteiger partial charge >= 0.3 is 0 Å². The highest BCUT2D eigenvalue weighted by Crippen LogP contribution is 2.55. The van der Waals surface area contributed by atoms with Gasteiger partial charge in [-0.05, 0) is 55.6 Å². The van der Waals surface area contributed by atoms with E-state index < -0.39 is 9.84 Å². The molecule has 1 aliphatic heterocycles. The van der Waals surface area contributed by atoms with E-state index in [9.17, 15) is 8.42 Å². The average Bonchev–Trinajstić information content (AvgIpc) is 3.34. The third-order valence-electron chi connectivity index (χ3n) is 5.56. The van der Waals surface area contributed by atoms with Crippen LogP contribution in [0.4, 0.5) is 0 Å². The van der Waals surface area contributed by atoms with E-state index in [0.29, 0.717) is 10.9 Å². The average molecular weight is 305 g/mol. The number of rotatable bonds is 5. The maximum absolute atomic E-state index is 12.2. The maximum atomic E-state index is 12.2. The summed E-state index contributed by atoms with van der Waals surface area (Å²) in [4.78, 5) is 0.548. The number of benzene rings is 1. The first kappa shape index (κ1) is 13.8. The quantitative estimate of drug-likeness (QED) is 0.909. The third-order valence-corrected chi connectivity index (χ3v) is 7.44. The van der Waals surface area contributed by atoms with Crippen molar-refractivity contribution in [3.63, 3.8) is 0 Å². The number of hydrogen-bond acceptors (Lipinski definition) is 3. The lowest BCUT2D eigenvalue weighted by Crippen LogP contribution is -2.33. The Morgan fingerprint density at radius 1 is 1.29 bits per heavy atom. The SMILES string of the molecule is CC(NCC1CS(=O)(=O)c2ccccc21)[C@@H]1C[C@H]1C1CC1. The Morgan fingerprint density at radius 2 is 2.05 bits per heavy atom. The van der Waals surface area contributed by atoms with E-state index in [4.69, 9.17) is 0 Å². The van der Waals surface area contributed by atoms with Crippen LogP contribution in [-0.4, -0.2) is 26.8 Å². The van der Waals surface area contributed by atoms with Crippen molar-refractivity contribution < 1.29 is 8.42 Å². The molecule has 2 unspecified atom stereocenters. The predicted molar refractivity (Wildman–Crippen MR) is 83.0 cm³/mol. The van der Waals surface area contributed by atoms with Gasteiger partial charge in [0.2, 0.25) is 0 Å². The summed E-state index contributed by atoms with van der Waals surface area (Å²) < 4.78 is 24.4. The van der Waals surface area contributed by atoms with E-state index >= 15 is 0 Å². The molecule has 1 aromatic carbocycles. The fourth-order valence-corrected chi connectivity index (χ4v) is 5.96. The van der Waals surface area contributed by atoms with Gasteiger partial charge in [-0.25, -0.2) is 8.42 Å². The predicted octanol–water partition coefficient (Wildman–Crippen LogP) is 2.58. The van der Waals surface area contributed by atoms with E-state index in [2.05, 4.69) is 12.2 Å². The van der Waals surface area contributed by atoms with Crippen molar-refractivity contribution in [1.29, 1.82) is 0 Å². The van der Waals surface area contributed by atoms with Crippen LogP contribution in [0.15, 0.2) is 29.2 Å². The highest BCUT2D eigenvalue weighted by molar-refractivity contribution is 7.91. The van der Waals surface area contributed by atoms with Crippen LogP contribution >= 0.6 is 0 Å². The van der Waals surface area contributed by atoms with Gasteiger partial charge in [0.15, 0.2) is 9.84 Å². The summed E-state index contributed by atoms with van der Waals surface area (Å²) in [5, 5.41) is 3.61. The summed E-state index contributed by atoms with van der Waals surface area (Å²) in [5.74, 6) is 3.17. The van der Waals surface area contributed by atoms with E-state index in [1.165, 1.54) is 19.3 Å². The lowest BCUT2D eigenvalue weighted by atomic mass is 10.0. The molecule has 0 saturated heterocycles. The van der Waals surface area contributed by atoms with Crippen LogP contribution in [-0.2, 0) is 9.84 Å². The van der Waals surface area contributed by atoms with Crippen molar-refractivity contribution >= 4 is 9.84 Å². The van der Waals surface area contributed by atoms with Gasteiger partial charge in [0.05, 0.1) is 10.6 Å². The summed E-state index contributed by atoms with van der Waals surface area (Å²) in [6.07, 6.45) is 4.24. The second-order valence-corrected chi connectivity index (χ2v) is 9.12. The van der Waals surface area contributed by atoms with E-state index in [1.807, 2.05) is 18.2 Å². The van der Waals surface area contributed by atoms with E-state index in [-0.39, 0.29) is 11.7 Å². The molecule has 21 heavy (non-hydrogen) atoms. The molecule has 0 radical (unpaired) electrons. The summed E-state index contributed by atoms with van der Waals surface area (Å²) in [5.41, 5.74) is 1.01. The first-order chi connectivity index (χ1) is 10.1. The van der Waals surface area contributed by atoms with Crippen LogP contribution in [0.5, 0.6) is 0 Å². The molecular weight excluding hydrogens is 282 g/mol. The smallest absolute Gasteiger partial charge is 0.179 e. The standard InChI is InChI=1S/C17H23NO2S/c1-11(15-8-16(15)12-6-7-12)18-9-13-10-21(19,20)17-5-3-2-4-14(13)17/h2-5,11-13,15-16,18H,6-10H2,1H3/t11?,13?,15-,16-/m0/s1. The van der Waals surface area contributed by atoms with Gasteiger partial charge in [0.1, 0.15) is 0 Å². The number of fused-ring (bicyclic) bond motifs is 1. The van der Waals surface area contributed by atoms with E-state index in [0.717, 1.165) is 29.9 Å². The Hall–Kier alpha value is -0.870. The van der Waals surface area contributed by atoms with Crippen molar-refractivity contribution in [2.45, 2.75) is 43.0 Å². The zero-order valence-corrected chi connectivity index (χ0v) is 13.3. The molecule has 2 aliphatic carbocycles. The van der Waals surface area contributed by atoms with Gasteiger partial charge in [-0.2, -0.15) is 0 Å². The molecule has 0 spiro atoms. The number of hydrogen-bond donors (Lipinski definition) is 1. The maximum Gasteiger partial charge on any atom is 0.179 e. The van der Waals surface area contributed by atoms with Crippen LogP contribution in [0.3, 0.4) is 0 Å². The molecule has 0 amide bonds. The van der Waals surface area contributed by atoms with Crippen molar-refractivity contribution in [3.8, 4) is 0 Å². The molecule has 1 heterocycles. The third kappa shape index (κ3) is 2.53. The highest BCUT2D eigenvalue weighted by atomic mass is 32.2.